The maximum atomic E-state index is 12.4. The summed E-state index contributed by atoms with van der Waals surface area (Å²) in [6.07, 6.45) is -0.486. The number of hydrogen-bond donors (Lipinski definition) is 4. The predicted molar refractivity (Wildman–Crippen MR) is 78.6 cm³/mol. The third-order valence-electron chi connectivity index (χ3n) is 3.84. The van der Waals surface area contributed by atoms with Crippen LogP contribution < -0.4 is 17.2 Å². The molecule has 122 valence electrons. The van der Waals surface area contributed by atoms with Crippen molar-refractivity contribution in [3.63, 3.8) is 0 Å². The van der Waals surface area contributed by atoms with Gasteiger partial charge in [-0.1, -0.05) is 6.07 Å². The van der Waals surface area contributed by atoms with Crippen molar-refractivity contribution in [3.8, 4) is 0 Å². The highest BCUT2D eigenvalue weighted by Crippen LogP contribution is 2.30. The van der Waals surface area contributed by atoms with Crippen molar-refractivity contribution in [2.24, 2.45) is 17.4 Å². The van der Waals surface area contributed by atoms with E-state index in [9.17, 15) is 19.2 Å². The summed E-state index contributed by atoms with van der Waals surface area (Å²) in [5.74, 6) is -5.62. The van der Waals surface area contributed by atoms with Crippen LogP contribution in [-0.4, -0.2) is 39.7 Å². The zero-order valence-corrected chi connectivity index (χ0v) is 12.1. The molecular weight excluding hydrogens is 304 g/mol. The van der Waals surface area contributed by atoms with Gasteiger partial charge in [-0.3, -0.25) is 19.2 Å². The Morgan fingerprint density at radius 1 is 1.22 bits per heavy atom. The van der Waals surface area contributed by atoms with Crippen LogP contribution in [0.5, 0.6) is 0 Å². The first-order chi connectivity index (χ1) is 10.7. The minimum absolute atomic E-state index is 0.0134. The van der Waals surface area contributed by atoms with Gasteiger partial charge in [0.2, 0.25) is 11.8 Å². The van der Waals surface area contributed by atoms with E-state index in [1.165, 1.54) is 0 Å². The van der Waals surface area contributed by atoms with Crippen LogP contribution in [0.15, 0.2) is 18.2 Å². The number of nitrogens with two attached hydrogens (primary N) is 3. The van der Waals surface area contributed by atoms with Gasteiger partial charge in [0.25, 0.3) is 5.91 Å². The van der Waals surface area contributed by atoms with Crippen LogP contribution in [-0.2, 0) is 20.9 Å². The van der Waals surface area contributed by atoms with Gasteiger partial charge in [0.15, 0.2) is 0 Å². The van der Waals surface area contributed by atoms with Crippen LogP contribution in [0.4, 0.5) is 5.69 Å². The molecule has 0 saturated heterocycles. The molecule has 23 heavy (non-hydrogen) atoms. The first-order valence-corrected chi connectivity index (χ1v) is 6.73. The second-order valence-electron chi connectivity index (χ2n) is 5.25. The molecule has 0 fully saturated rings. The number of carbonyl (C=O) groups excluding carboxylic acids is 3. The quantitative estimate of drug-likeness (QED) is 0.373. The smallest absolute Gasteiger partial charge is 0.316 e. The van der Waals surface area contributed by atoms with Gasteiger partial charge in [0.05, 0.1) is 0 Å². The fourth-order valence-electron chi connectivity index (χ4n) is 2.59. The number of carboxylic acid groups (broad SMARTS) is 1. The fraction of sp³-hybridized carbons (Fsp3) is 0.286. The molecule has 0 aromatic heterocycles. The van der Waals surface area contributed by atoms with E-state index < -0.39 is 42.1 Å². The number of carboxylic acids is 1. The molecule has 0 spiro atoms. The van der Waals surface area contributed by atoms with Gasteiger partial charge in [-0.05, 0) is 18.6 Å². The summed E-state index contributed by atoms with van der Waals surface area (Å²) in [6, 6.07) is 3.48. The highest BCUT2D eigenvalue weighted by molar-refractivity contribution is 6.03. The number of rotatable bonds is 6. The number of aliphatic carboxylic acids is 1. The van der Waals surface area contributed by atoms with Crippen LogP contribution in [0.3, 0.4) is 0 Å². The summed E-state index contributed by atoms with van der Waals surface area (Å²) in [5, 5.41) is 9.02. The second-order valence-corrected chi connectivity index (χ2v) is 5.25. The molecule has 3 amide bonds. The molecule has 1 aliphatic heterocycles. The molecule has 2 rings (SSSR count). The number of fused-ring (bicyclic) bond motifs is 1. The van der Waals surface area contributed by atoms with Gasteiger partial charge in [0, 0.05) is 23.4 Å². The average molecular weight is 320 g/mol. The Kier molecular flexibility index (Phi) is 4.21. The minimum Gasteiger partial charge on any atom is -0.481 e. The maximum absolute atomic E-state index is 12.4. The highest BCUT2D eigenvalue weighted by atomic mass is 16.4. The Morgan fingerprint density at radius 2 is 1.87 bits per heavy atom. The monoisotopic (exact) mass is 320 g/mol. The number of amides is 3. The van der Waals surface area contributed by atoms with E-state index in [-0.39, 0.29) is 6.54 Å². The largest absolute Gasteiger partial charge is 0.481 e. The predicted octanol–water partition coefficient (Wildman–Crippen LogP) is -1.35. The molecule has 0 radical (unpaired) electrons. The lowest BCUT2D eigenvalue weighted by Crippen LogP contribution is -2.48. The first kappa shape index (κ1) is 16.3. The Bertz CT molecular complexity index is 688. The van der Waals surface area contributed by atoms with Crippen molar-refractivity contribution in [3.05, 3.63) is 29.3 Å². The maximum Gasteiger partial charge on any atom is 0.316 e. The Hall–Kier alpha value is -3.10. The van der Waals surface area contributed by atoms with Crippen molar-refractivity contribution < 1.29 is 24.3 Å². The number of nitrogen functional groups attached to an aromatic ring is 1. The van der Waals surface area contributed by atoms with Gasteiger partial charge >= 0.3 is 5.97 Å². The number of primary amides is 2. The van der Waals surface area contributed by atoms with Gasteiger partial charge in [0.1, 0.15) is 12.0 Å². The van der Waals surface area contributed by atoms with Crippen molar-refractivity contribution >= 4 is 29.4 Å². The van der Waals surface area contributed by atoms with E-state index in [1.54, 1.807) is 18.2 Å². The zero-order chi connectivity index (χ0) is 17.3. The molecule has 0 bridgehead atoms. The van der Waals surface area contributed by atoms with E-state index >= 15 is 0 Å². The molecule has 1 aliphatic rings. The fourth-order valence-corrected chi connectivity index (χ4v) is 2.59. The number of benzene rings is 1. The van der Waals surface area contributed by atoms with E-state index in [0.29, 0.717) is 16.8 Å². The van der Waals surface area contributed by atoms with Gasteiger partial charge in [-0.15, -0.1) is 0 Å². The van der Waals surface area contributed by atoms with E-state index in [1.807, 2.05) is 0 Å². The van der Waals surface area contributed by atoms with Gasteiger partial charge in [-0.2, -0.15) is 0 Å². The molecule has 1 aromatic rings. The molecule has 0 saturated carbocycles. The van der Waals surface area contributed by atoms with Crippen molar-refractivity contribution in [2.75, 3.05) is 5.73 Å². The average Bonchev–Trinajstić information content (AvgIpc) is 2.77. The summed E-state index contributed by atoms with van der Waals surface area (Å²) < 4.78 is 0. The SMILES string of the molecule is NC(=O)C(CC(C(N)=O)N1Cc2c(N)cccc2C1=O)C(=O)O. The van der Waals surface area contributed by atoms with E-state index in [4.69, 9.17) is 22.3 Å². The van der Waals surface area contributed by atoms with Gasteiger partial charge < -0.3 is 27.2 Å². The minimum atomic E-state index is -1.62. The van der Waals surface area contributed by atoms with Crippen LogP contribution in [0.25, 0.3) is 0 Å². The lowest BCUT2D eigenvalue weighted by molar-refractivity contribution is -0.147. The van der Waals surface area contributed by atoms with Crippen molar-refractivity contribution in [1.82, 2.24) is 4.90 Å². The first-order valence-electron chi connectivity index (χ1n) is 6.73. The second kappa shape index (κ2) is 5.95. The Labute approximate surface area is 131 Å². The number of carbonyl (C=O) groups is 4. The molecular formula is C14H16N4O5. The van der Waals surface area contributed by atoms with Crippen LogP contribution >= 0.6 is 0 Å². The van der Waals surface area contributed by atoms with Crippen LogP contribution in [0.2, 0.25) is 0 Å². The topological polar surface area (TPSA) is 170 Å². The lowest BCUT2D eigenvalue weighted by atomic mass is 9.97. The standard InChI is InChI=1S/C14H16N4O5/c15-9-3-1-2-6-8(9)5-18(13(6)21)10(12(17)20)4-7(11(16)19)14(22)23/h1-3,7,10H,4-5,15H2,(H2,16,19)(H2,17,20)(H,22,23). The van der Waals surface area contributed by atoms with Crippen LogP contribution in [0.1, 0.15) is 22.3 Å². The lowest BCUT2D eigenvalue weighted by Gasteiger charge is -2.26. The van der Waals surface area contributed by atoms with Crippen LogP contribution in [0, 0.1) is 5.92 Å². The molecule has 9 nitrogen and oxygen atoms in total. The number of anilines is 1. The third kappa shape index (κ3) is 2.93. The molecule has 0 aliphatic carbocycles. The molecule has 2 atom stereocenters. The zero-order valence-electron chi connectivity index (χ0n) is 12.1. The molecule has 7 N–H and O–H groups in total. The molecule has 9 heteroatoms. The molecule has 1 heterocycles. The van der Waals surface area contributed by atoms with E-state index in [2.05, 4.69) is 0 Å². The highest BCUT2D eigenvalue weighted by Gasteiger charge is 2.40. The molecule has 1 aromatic carbocycles. The molecule has 2 unspecified atom stereocenters. The van der Waals surface area contributed by atoms with Gasteiger partial charge in [-0.25, -0.2) is 0 Å². The summed E-state index contributed by atoms with van der Waals surface area (Å²) >= 11 is 0. The Balaban J connectivity index is 2.32. The summed E-state index contributed by atoms with van der Waals surface area (Å²) in [4.78, 5) is 47.6. The summed E-state index contributed by atoms with van der Waals surface area (Å²) in [7, 11) is 0. The number of hydrogen-bond acceptors (Lipinski definition) is 5. The normalized spacial score (nSPS) is 15.8. The van der Waals surface area contributed by atoms with Crippen molar-refractivity contribution in [1.29, 1.82) is 0 Å². The van der Waals surface area contributed by atoms with E-state index in [0.717, 1.165) is 4.90 Å². The Morgan fingerprint density at radius 3 is 2.35 bits per heavy atom. The summed E-state index contributed by atoms with van der Waals surface area (Å²) in [6.45, 7) is 0.0134. The summed E-state index contributed by atoms with van der Waals surface area (Å²) in [5.41, 5.74) is 17.4. The third-order valence-corrected chi connectivity index (χ3v) is 3.84. The van der Waals surface area contributed by atoms with Crippen molar-refractivity contribution in [2.45, 2.75) is 19.0 Å². The number of nitrogens with zero attached hydrogens (tertiary/aromatic N) is 1.